The molecule has 0 bridgehead atoms. The highest BCUT2D eigenvalue weighted by Crippen LogP contribution is 2.20. The van der Waals surface area contributed by atoms with Gasteiger partial charge < -0.3 is 11.1 Å². The van der Waals surface area contributed by atoms with Crippen LogP contribution in [0, 0.1) is 0 Å². The first-order valence-electron chi connectivity index (χ1n) is 6.08. The predicted octanol–water partition coefficient (Wildman–Crippen LogP) is 4.28. The molecule has 0 aliphatic rings. The van der Waals surface area contributed by atoms with Crippen molar-refractivity contribution in [2.24, 2.45) is 0 Å². The highest BCUT2D eigenvalue weighted by molar-refractivity contribution is 9.10. The molecule has 0 heterocycles. The molecule has 0 fully saturated rings. The molecule has 0 radical (unpaired) electrons. The largest absolute Gasteiger partial charge is 0.398 e. The first-order chi connectivity index (χ1) is 9.47. The Bertz CT molecular complexity index is 626. The number of benzene rings is 2. The third-order valence-electron chi connectivity index (χ3n) is 2.98. The molecule has 2 aromatic carbocycles. The molecule has 2 aromatic rings. The Hall–Kier alpha value is -1.33. The van der Waals surface area contributed by atoms with Crippen LogP contribution in [-0.4, -0.2) is 5.91 Å². The van der Waals surface area contributed by atoms with E-state index in [4.69, 9.17) is 5.73 Å². The number of nitrogens with one attached hydrogen (secondary N) is 1. The number of nitrogens with two attached hydrogens (primary N) is 1. The van der Waals surface area contributed by atoms with Gasteiger partial charge in [-0.1, -0.05) is 44.0 Å². The van der Waals surface area contributed by atoms with Crippen LogP contribution in [0.5, 0.6) is 0 Å². The SMILES string of the molecule is C[C@@H](NC(=O)c1ccc(Br)cc1N)c1ccc(Br)cc1. The van der Waals surface area contributed by atoms with Crippen molar-refractivity contribution in [3.05, 3.63) is 62.5 Å². The molecule has 0 aliphatic carbocycles. The zero-order chi connectivity index (χ0) is 14.7. The van der Waals surface area contributed by atoms with Crippen LogP contribution in [0.15, 0.2) is 51.4 Å². The number of anilines is 1. The molecule has 0 aliphatic heterocycles. The van der Waals surface area contributed by atoms with Crippen LogP contribution in [0.4, 0.5) is 5.69 Å². The van der Waals surface area contributed by atoms with Gasteiger partial charge in [0.2, 0.25) is 0 Å². The second-order valence-corrected chi connectivity index (χ2v) is 6.31. The van der Waals surface area contributed by atoms with E-state index in [0.717, 1.165) is 14.5 Å². The summed E-state index contributed by atoms with van der Waals surface area (Å²) in [5, 5.41) is 2.94. The molecule has 5 heteroatoms. The fourth-order valence-electron chi connectivity index (χ4n) is 1.85. The van der Waals surface area contributed by atoms with Gasteiger partial charge in [-0.25, -0.2) is 0 Å². The first kappa shape index (κ1) is 15.1. The van der Waals surface area contributed by atoms with Gasteiger partial charge in [-0.2, -0.15) is 0 Å². The van der Waals surface area contributed by atoms with E-state index in [-0.39, 0.29) is 11.9 Å². The van der Waals surface area contributed by atoms with E-state index in [2.05, 4.69) is 37.2 Å². The number of carbonyl (C=O) groups excluding carboxylic acids is 1. The summed E-state index contributed by atoms with van der Waals surface area (Å²) in [6, 6.07) is 13.0. The minimum Gasteiger partial charge on any atom is -0.398 e. The number of carbonyl (C=O) groups is 1. The van der Waals surface area contributed by atoms with Crippen LogP contribution in [0.3, 0.4) is 0 Å². The Balaban J connectivity index is 2.13. The topological polar surface area (TPSA) is 55.1 Å². The van der Waals surface area contributed by atoms with Crippen molar-refractivity contribution in [2.45, 2.75) is 13.0 Å². The standard InChI is InChI=1S/C15H14Br2N2O/c1-9(10-2-4-11(16)5-3-10)19-15(20)13-7-6-12(17)8-14(13)18/h2-9H,18H2,1H3,(H,19,20)/t9-/m1/s1. The molecule has 0 spiro atoms. The number of rotatable bonds is 3. The number of halogens is 2. The molecule has 20 heavy (non-hydrogen) atoms. The van der Waals surface area contributed by atoms with Crippen LogP contribution >= 0.6 is 31.9 Å². The summed E-state index contributed by atoms with van der Waals surface area (Å²) in [7, 11) is 0. The van der Waals surface area contributed by atoms with Gasteiger partial charge in [0, 0.05) is 14.6 Å². The maximum atomic E-state index is 12.2. The number of hydrogen-bond donors (Lipinski definition) is 2. The van der Waals surface area contributed by atoms with Gasteiger partial charge in [-0.05, 0) is 42.8 Å². The molecule has 3 N–H and O–H groups in total. The van der Waals surface area contributed by atoms with E-state index in [1.165, 1.54) is 0 Å². The smallest absolute Gasteiger partial charge is 0.253 e. The van der Waals surface area contributed by atoms with Crippen molar-refractivity contribution in [3.63, 3.8) is 0 Å². The molecule has 1 atom stereocenters. The molecule has 104 valence electrons. The summed E-state index contributed by atoms with van der Waals surface area (Å²) in [4.78, 5) is 12.2. The molecule has 1 amide bonds. The van der Waals surface area contributed by atoms with Crippen molar-refractivity contribution in [2.75, 3.05) is 5.73 Å². The third-order valence-corrected chi connectivity index (χ3v) is 4.00. The highest BCUT2D eigenvalue weighted by atomic mass is 79.9. The zero-order valence-corrected chi connectivity index (χ0v) is 14.0. The van der Waals surface area contributed by atoms with E-state index >= 15 is 0 Å². The maximum absolute atomic E-state index is 12.2. The Kier molecular flexibility index (Phi) is 4.83. The summed E-state index contributed by atoms with van der Waals surface area (Å²) >= 11 is 6.71. The van der Waals surface area contributed by atoms with Gasteiger partial charge in [-0.15, -0.1) is 0 Å². The lowest BCUT2D eigenvalue weighted by Crippen LogP contribution is -2.27. The maximum Gasteiger partial charge on any atom is 0.253 e. The Morgan fingerprint density at radius 1 is 1.10 bits per heavy atom. The van der Waals surface area contributed by atoms with Crippen LogP contribution in [-0.2, 0) is 0 Å². The van der Waals surface area contributed by atoms with Crippen molar-refractivity contribution in [3.8, 4) is 0 Å². The number of amides is 1. The minimum atomic E-state index is -0.176. The van der Waals surface area contributed by atoms with Crippen LogP contribution in [0.2, 0.25) is 0 Å². The van der Waals surface area contributed by atoms with E-state index in [1.54, 1.807) is 18.2 Å². The molecular weight excluding hydrogens is 384 g/mol. The quantitative estimate of drug-likeness (QED) is 0.759. The fraction of sp³-hybridized carbons (Fsp3) is 0.133. The normalized spacial score (nSPS) is 11.9. The lowest BCUT2D eigenvalue weighted by Gasteiger charge is -2.15. The molecule has 2 rings (SSSR count). The fourth-order valence-corrected chi connectivity index (χ4v) is 2.49. The van der Waals surface area contributed by atoms with Crippen molar-refractivity contribution < 1.29 is 4.79 Å². The summed E-state index contributed by atoms with van der Waals surface area (Å²) in [5.41, 5.74) is 7.84. The summed E-state index contributed by atoms with van der Waals surface area (Å²) < 4.78 is 1.87. The summed E-state index contributed by atoms with van der Waals surface area (Å²) in [6.45, 7) is 1.94. The lowest BCUT2D eigenvalue weighted by atomic mass is 10.1. The van der Waals surface area contributed by atoms with E-state index in [9.17, 15) is 4.79 Å². The molecule has 0 saturated carbocycles. The Labute approximate surface area is 134 Å². The van der Waals surface area contributed by atoms with E-state index < -0.39 is 0 Å². The van der Waals surface area contributed by atoms with E-state index in [0.29, 0.717) is 11.3 Å². The first-order valence-corrected chi connectivity index (χ1v) is 7.67. The Morgan fingerprint density at radius 2 is 1.70 bits per heavy atom. The number of hydrogen-bond acceptors (Lipinski definition) is 2. The lowest BCUT2D eigenvalue weighted by molar-refractivity contribution is 0.0941. The molecule has 0 saturated heterocycles. The predicted molar refractivity (Wildman–Crippen MR) is 88.6 cm³/mol. The monoisotopic (exact) mass is 396 g/mol. The molecular formula is C15H14Br2N2O. The molecule has 0 aromatic heterocycles. The van der Waals surface area contributed by atoms with Crippen molar-refractivity contribution in [1.29, 1.82) is 0 Å². The zero-order valence-electron chi connectivity index (χ0n) is 10.9. The van der Waals surface area contributed by atoms with Crippen LogP contribution in [0.25, 0.3) is 0 Å². The van der Waals surface area contributed by atoms with Crippen LogP contribution in [0.1, 0.15) is 28.9 Å². The summed E-state index contributed by atoms with van der Waals surface area (Å²) in [5.74, 6) is -0.176. The van der Waals surface area contributed by atoms with Crippen LogP contribution < -0.4 is 11.1 Å². The van der Waals surface area contributed by atoms with E-state index in [1.807, 2.05) is 31.2 Å². The van der Waals surface area contributed by atoms with Gasteiger partial charge in [0.15, 0.2) is 0 Å². The van der Waals surface area contributed by atoms with Gasteiger partial charge >= 0.3 is 0 Å². The molecule has 0 unspecified atom stereocenters. The second kappa shape index (κ2) is 6.41. The Morgan fingerprint density at radius 3 is 2.30 bits per heavy atom. The van der Waals surface area contributed by atoms with Crippen molar-refractivity contribution in [1.82, 2.24) is 5.32 Å². The van der Waals surface area contributed by atoms with Gasteiger partial charge in [-0.3, -0.25) is 4.79 Å². The van der Waals surface area contributed by atoms with Crippen molar-refractivity contribution >= 4 is 43.5 Å². The average Bonchev–Trinajstić information content (AvgIpc) is 2.39. The minimum absolute atomic E-state index is 0.0846. The second-order valence-electron chi connectivity index (χ2n) is 4.48. The highest BCUT2D eigenvalue weighted by Gasteiger charge is 2.13. The van der Waals surface area contributed by atoms with Gasteiger partial charge in [0.05, 0.1) is 11.6 Å². The molecule has 3 nitrogen and oxygen atoms in total. The summed E-state index contributed by atoms with van der Waals surface area (Å²) in [6.07, 6.45) is 0. The average molecular weight is 398 g/mol. The van der Waals surface area contributed by atoms with Gasteiger partial charge in [0.25, 0.3) is 5.91 Å². The number of nitrogen functional groups attached to an aromatic ring is 1. The van der Waals surface area contributed by atoms with Gasteiger partial charge in [0.1, 0.15) is 0 Å². The third kappa shape index (κ3) is 3.61.